The Morgan fingerprint density at radius 3 is 2.40 bits per heavy atom. The standard InChI is InChI=1S/C35H50N2O5/c1-4-9-25(10-6-7-13-34(40)30-17-16-29(5-2)33(22-30)37-36-3)18-26-11-8-12-27(15-14-26)21-35(41)42-24-28-19-31(38)23-32(39)20-28/h16-17,19-20,22-23,25-27,38-39H,4-15,18,21,24H2,1-3H3. The number of ketones is 1. The zero-order valence-corrected chi connectivity index (χ0v) is 25.8. The summed E-state index contributed by atoms with van der Waals surface area (Å²) >= 11 is 0. The van der Waals surface area contributed by atoms with Crippen molar-refractivity contribution in [3.05, 3.63) is 53.1 Å². The highest BCUT2D eigenvalue weighted by atomic mass is 16.5. The maximum atomic E-state index is 12.8. The minimum absolute atomic E-state index is 0.0436. The van der Waals surface area contributed by atoms with Crippen LogP contribution in [-0.4, -0.2) is 29.0 Å². The Morgan fingerprint density at radius 2 is 1.69 bits per heavy atom. The first kappa shape index (κ1) is 33.3. The second kappa shape index (κ2) is 17.7. The molecule has 2 aromatic carbocycles. The number of hydrogen-bond donors (Lipinski definition) is 2. The largest absolute Gasteiger partial charge is 0.508 e. The molecule has 1 aliphatic rings. The highest BCUT2D eigenvalue weighted by Crippen LogP contribution is 2.35. The van der Waals surface area contributed by atoms with Crippen LogP contribution in [0.15, 0.2) is 46.6 Å². The molecule has 42 heavy (non-hydrogen) atoms. The van der Waals surface area contributed by atoms with Gasteiger partial charge in [0.05, 0.1) is 5.69 Å². The summed E-state index contributed by atoms with van der Waals surface area (Å²) in [4.78, 5) is 25.3. The lowest BCUT2D eigenvalue weighted by molar-refractivity contribution is -0.146. The number of aromatic hydroxyl groups is 2. The van der Waals surface area contributed by atoms with Crippen molar-refractivity contribution in [1.29, 1.82) is 0 Å². The molecule has 3 unspecified atom stereocenters. The van der Waals surface area contributed by atoms with Crippen molar-refractivity contribution >= 4 is 17.4 Å². The summed E-state index contributed by atoms with van der Waals surface area (Å²) in [5.41, 5.74) is 3.21. The van der Waals surface area contributed by atoms with E-state index in [1.165, 1.54) is 50.3 Å². The number of Topliss-reactive ketones (excluding diaryl/α,β-unsaturated/α-hetero) is 1. The summed E-state index contributed by atoms with van der Waals surface area (Å²) in [5.74, 6) is 1.62. The molecule has 1 fully saturated rings. The number of aryl methyl sites for hydroxylation is 1. The van der Waals surface area contributed by atoms with E-state index in [2.05, 4.69) is 24.1 Å². The molecule has 0 heterocycles. The van der Waals surface area contributed by atoms with Gasteiger partial charge in [-0.1, -0.05) is 70.9 Å². The van der Waals surface area contributed by atoms with E-state index in [1.54, 1.807) is 7.05 Å². The molecule has 0 aromatic heterocycles. The van der Waals surface area contributed by atoms with Crippen LogP contribution < -0.4 is 0 Å². The van der Waals surface area contributed by atoms with Gasteiger partial charge in [0.2, 0.25) is 0 Å². The van der Waals surface area contributed by atoms with Gasteiger partial charge in [0, 0.05) is 31.5 Å². The van der Waals surface area contributed by atoms with Crippen LogP contribution in [0.25, 0.3) is 0 Å². The monoisotopic (exact) mass is 578 g/mol. The van der Waals surface area contributed by atoms with Gasteiger partial charge in [-0.05, 0) is 79.2 Å². The zero-order valence-electron chi connectivity index (χ0n) is 25.8. The van der Waals surface area contributed by atoms with Crippen LogP contribution in [0.2, 0.25) is 0 Å². The second-order valence-corrected chi connectivity index (χ2v) is 12.0. The van der Waals surface area contributed by atoms with E-state index in [4.69, 9.17) is 4.74 Å². The molecule has 1 aliphatic carbocycles. The Hall–Kier alpha value is -3.22. The van der Waals surface area contributed by atoms with Crippen LogP contribution in [0.4, 0.5) is 5.69 Å². The number of azo groups is 1. The van der Waals surface area contributed by atoms with Gasteiger partial charge in [-0.25, -0.2) is 0 Å². The van der Waals surface area contributed by atoms with Crippen molar-refractivity contribution in [2.75, 3.05) is 7.05 Å². The highest BCUT2D eigenvalue weighted by Gasteiger charge is 2.24. The van der Waals surface area contributed by atoms with Gasteiger partial charge >= 0.3 is 5.97 Å². The predicted octanol–water partition coefficient (Wildman–Crippen LogP) is 9.25. The minimum atomic E-state index is -0.216. The summed E-state index contributed by atoms with van der Waals surface area (Å²) in [7, 11) is 1.65. The number of carbonyl (C=O) groups excluding carboxylic acids is 2. The minimum Gasteiger partial charge on any atom is -0.508 e. The average molecular weight is 579 g/mol. The van der Waals surface area contributed by atoms with Gasteiger partial charge in [-0.15, -0.1) is 0 Å². The lowest BCUT2D eigenvalue weighted by Crippen LogP contribution is -2.12. The number of unbranched alkanes of at least 4 members (excludes halogenated alkanes) is 1. The summed E-state index contributed by atoms with van der Waals surface area (Å²) in [6.07, 6.45) is 14.3. The molecule has 2 aromatic rings. The average Bonchev–Trinajstić information content (AvgIpc) is 3.18. The van der Waals surface area contributed by atoms with E-state index >= 15 is 0 Å². The molecule has 3 rings (SSSR count). The van der Waals surface area contributed by atoms with Crippen molar-refractivity contribution in [2.45, 2.75) is 110 Å². The highest BCUT2D eigenvalue weighted by molar-refractivity contribution is 5.96. The molecule has 0 bridgehead atoms. The number of hydrogen-bond acceptors (Lipinski definition) is 7. The van der Waals surface area contributed by atoms with Crippen molar-refractivity contribution < 1.29 is 24.5 Å². The van der Waals surface area contributed by atoms with Gasteiger partial charge in [0.15, 0.2) is 5.78 Å². The molecular formula is C35H50N2O5. The van der Waals surface area contributed by atoms with Crippen LogP contribution in [0.5, 0.6) is 11.5 Å². The normalized spacial score (nSPS) is 18.1. The molecule has 230 valence electrons. The topological polar surface area (TPSA) is 109 Å². The molecule has 0 spiro atoms. The van der Waals surface area contributed by atoms with Crippen LogP contribution in [0.3, 0.4) is 0 Å². The van der Waals surface area contributed by atoms with Crippen LogP contribution in [0, 0.1) is 17.8 Å². The van der Waals surface area contributed by atoms with Crippen LogP contribution in [0.1, 0.15) is 119 Å². The Kier molecular flexibility index (Phi) is 14.0. The predicted molar refractivity (Wildman–Crippen MR) is 166 cm³/mol. The third-order valence-electron chi connectivity index (χ3n) is 8.65. The van der Waals surface area contributed by atoms with Crippen molar-refractivity contribution in [2.24, 2.45) is 28.0 Å². The fraction of sp³-hybridized carbons (Fsp3) is 0.600. The van der Waals surface area contributed by atoms with Gasteiger partial charge in [-0.3, -0.25) is 9.59 Å². The Labute approximate surface area is 251 Å². The van der Waals surface area contributed by atoms with Gasteiger partial charge in [-0.2, -0.15) is 10.2 Å². The maximum Gasteiger partial charge on any atom is 0.306 e. The van der Waals surface area contributed by atoms with Crippen molar-refractivity contribution in [3.63, 3.8) is 0 Å². The lowest BCUT2D eigenvalue weighted by Gasteiger charge is -2.22. The quantitative estimate of drug-likeness (QED) is 0.0678. The Balaban J connectivity index is 1.39. The summed E-state index contributed by atoms with van der Waals surface area (Å²) in [6.45, 7) is 4.39. The molecule has 1 saturated carbocycles. The van der Waals surface area contributed by atoms with E-state index in [9.17, 15) is 19.8 Å². The molecule has 0 saturated heterocycles. The molecular weight excluding hydrogens is 528 g/mol. The first-order valence-corrected chi connectivity index (χ1v) is 15.9. The molecule has 0 aliphatic heterocycles. The van der Waals surface area contributed by atoms with Crippen LogP contribution in [-0.2, 0) is 22.6 Å². The van der Waals surface area contributed by atoms with E-state index in [1.807, 2.05) is 18.2 Å². The van der Waals surface area contributed by atoms with Gasteiger partial charge < -0.3 is 14.9 Å². The number of ether oxygens (including phenoxy) is 1. The Morgan fingerprint density at radius 1 is 0.952 bits per heavy atom. The first-order chi connectivity index (χ1) is 20.3. The fourth-order valence-electron chi connectivity index (χ4n) is 6.45. The SMILES string of the molecule is CCCC(CCCCC(=O)c1ccc(CC)c(N=NC)c1)CC1CCCC(CC(=O)OCc2cc(O)cc(O)c2)CC1. The number of rotatable bonds is 16. The zero-order chi connectivity index (χ0) is 30.3. The fourth-order valence-corrected chi connectivity index (χ4v) is 6.45. The lowest BCUT2D eigenvalue weighted by atomic mass is 9.83. The number of esters is 1. The van der Waals surface area contributed by atoms with Gasteiger partial charge in [0.25, 0.3) is 0 Å². The van der Waals surface area contributed by atoms with E-state index < -0.39 is 0 Å². The summed E-state index contributed by atoms with van der Waals surface area (Å²) in [5, 5.41) is 27.3. The Bertz CT molecular complexity index is 1160. The van der Waals surface area contributed by atoms with Crippen molar-refractivity contribution in [3.8, 4) is 11.5 Å². The number of phenols is 2. The molecule has 0 radical (unpaired) electrons. The first-order valence-electron chi connectivity index (χ1n) is 15.9. The van der Waals surface area contributed by atoms with E-state index in [0.717, 1.165) is 61.8 Å². The summed E-state index contributed by atoms with van der Waals surface area (Å²) < 4.78 is 5.44. The molecule has 7 heteroatoms. The van der Waals surface area contributed by atoms with Crippen LogP contribution >= 0.6 is 0 Å². The van der Waals surface area contributed by atoms with E-state index in [0.29, 0.717) is 36.2 Å². The molecule has 0 amide bonds. The number of phenolic OH excluding ortho intramolecular Hbond substituents is 2. The number of benzene rings is 2. The molecule has 3 atom stereocenters. The van der Waals surface area contributed by atoms with Gasteiger partial charge in [0.1, 0.15) is 18.1 Å². The number of nitrogens with zero attached hydrogens (tertiary/aromatic N) is 2. The molecule has 7 nitrogen and oxygen atoms in total. The maximum absolute atomic E-state index is 12.8. The second-order valence-electron chi connectivity index (χ2n) is 12.0. The van der Waals surface area contributed by atoms with E-state index in [-0.39, 0.29) is 29.9 Å². The summed E-state index contributed by atoms with van der Waals surface area (Å²) in [6, 6.07) is 10.1. The third-order valence-corrected chi connectivity index (χ3v) is 8.65. The third kappa shape index (κ3) is 11.2. The molecule has 2 N–H and O–H groups in total. The smallest absolute Gasteiger partial charge is 0.306 e. The van der Waals surface area contributed by atoms with Crippen molar-refractivity contribution in [1.82, 2.24) is 0 Å². The number of carbonyl (C=O) groups is 2.